The van der Waals surface area contributed by atoms with Gasteiger partial charge < -0.3 is 14.6 Å². The third-order valence-electron chi connectivity index (χ3n) is 3.23. The number of pyridine rings is 1. The minimum atomic E-state index is 0.309. The molecule has 0 aliphatic heterocycles. The van der Waals surface area contributed by atoms with Crippen LogP contribution in [0.15, 0.2) is 40.4 Å². The Morgan fingerprint density at radius 1 is 1.35 bits per heavy atom. The van der Waals surface area contributed by atoms with Crippen LogP contribution in [0, 0.1) is 0 Å². The van der Waals surface area contributed by atoms with Crippen LogP contribution < -0.4 is 5.32 Å². The van der Waals surface area contributed by atoms with E-state index >= 15 is 0 Å². The Morgan fingerprint density at radius 2 is 2.26 bits per heavy atom. The molecule has 0 bridgehead atoms. The van der Waals surface area contributed by atoms with E-state index in [0.717, 1.165) is 17.8 Å². The highest BCUT2D eigenvalue weighted by Gasteiger charge is 2.10. The maximum absolute atomic E-state index is 5.19. The number of ether oxygens (including phenoxy) is 1. The van der Waals surface area contributed by atoms with Crippen LogP contribution in [0.25, 0.3) is 11.5 Å². The van der Waals surface area contributed by atoms with Crippen LogP contribution in [-0.2, 0) is 17.8 Å². The molecule has 0 radical (unpaired) electrons. The van der Waals surface area contributed by atoms with E-state index in [1.54, 1.807) is 24.6 Å². The van der Waals surface area contributed by atoms with Gasteiger partial charge in [-0.2, -0.15) is 4.98 Å². The van der Waals surface area contributed by atoms with Gasteiger partial charge in [0.05, 0.1) is 5.56 Å². The van der Waals surface area contributed by atoms with E-state index in [2.05, 4.69) is 44.9 Å². The summed E-state index contributed by atoms with van der Waals surface area (Å²) >= 11 is 1.77. The van der Waals surface area contributed by atoms with Crippen molar-refractivity contribution in [2.75, 3.05) is 12.4 Å². The number of rotatable bonds is 7. The molecule has 0 aliphatic rings. The Morgan fingerprint density at radius 3 is 2.96 bits per heavy atom. The third kappa shape index (κ3) is 4.14. The number of nitrogens with zero attached hydrogens (tertiary/aromatic N) is 3. The molecule has 1 atom stereocenters. The zero-order valence-electron chi connectivity index (χ0n) is 13.0. The molecule has 0 aliphatic carbocycles. The van der Waals surface area contributed by atoms with E-state index in [-0.39, 0.29) is 0 Å². The molecule has 1 N–H and O–H groups in total. The summed E-state index contributed by atoms with van der Waals surface area (Å²) in [5.41, 5.74) is 0.788. The first-order chi connectivity index (χ1) is 11.2. The molecule has 3 rings (SSSR count). The second kappa shape index (κ2) is 7.34. The van der Waals surface area contributed by atoms with Crippen LogP contribution >= 0.6 is 11.3 Å². The Balaban J connectivity index is 1.62. The van der Waals surface area contributed by atoms with Crippen LogP contribution in [0.3, 0.4) is 0 Å². The predicted octanol–water partition coefficient (Wildman–Crippen LogP) is 3.38. The van der Waals surface area contributed by atoms with Crippen molar-refractivity contribution in [3.05, 3.63) is 46.5 Å². The van der Waals surface area contributed by atoms with Crippen LogP contribution in [0.4, 0.5) is 5.82 Å². The molecule has 0 spiro atoms. The molecule has 0 fully saturated rings. The van der Waals surface area contributed by atoms with Crippen molar-refractivity contribution in [2.24, 2.45) is 0 Å². The quantitative estimate of drug-likeness (QED) is 0.716. The molecule has 120 valence electrons. The van der Waals surface area contributed by atoms with E-state index < -0.39 is 0 Å². The van der Waals surface area contributed by atoms with E-state index in [4.69, 9.17) is 9.26 Å². The van der Waals surface area contributed by atoms with Crippen LogP contribution in [0.1, 0.15) is 17.6 Å². The molecular formula is C16H18N4O2S. The predicted molar refractivity (Wildman–Crippen MR) is 89.3 cm³/mol. The number of aromatic nitrogens is 3. The molecule has 0 amide bonds. The first kappa shape index (κ1) is 15.6. The fraction of sp³-hybridized carbons (Fsp3) is 0.312. The summed E-state index contributed by atoms with van der Waals surface area (Å²) in [5.74, 6) is 1.80. The average Bonchev–Trinajstić information content (AvgIpc) is 3.20. The minimum Gasteiger partial charge on any atom is -0.377 e. The van der Waals surface area contributed by atoms with Gasteiger partial charge >= 0.3 is 0 Å². The summed E-state index contributed by atoms with van der Waals surface area (Å²) in [7, 11) is 1.59. The van der Waals surface area contributed by atoms with E-state index in [0.29, 0.717) is 24.4 Å². The summed E-state index contributed by atoms with van der Waals surface area (Å²) in [6, 6.07) is 8.36. The first-order valence-electron chi connectivity index (χ1n) is 7.31. The van der Waals surface area contributed by atoms with Crippen molar-refractivity contribution >= 4 is 17.2 Å². The SMILES string of the molecule is COCc1noc(-c2ccc(NC(C)Cc3cccs3)nc2)n1. The van der Waals surface area contributed by atoms with Gasteiger partial charge in [0.2, 0.25) is 0 Å². The lowest BCUT2D eigenvalue weighted by molar-refractivity contribution is 0.174. The monoisotopic (exact) mass is 330 g/mol. The highest BCUT2D eigenvalue weighted by atomic mass is 32.1. The van der Waals surface area contributed by atoms with Gasteiger partial charge in [-0.05, 0) is 30.5 Å². The number of anilines is 1. The topological polar surface area (TPSA) is 73.1 Å². The fourth-order valence-electron chi connectivity index (χ4n) is 2.20. The van der Waals surface area contributed by atoms with Crippen LogP contribution in [0.5, 0.6) is 0 Å². The largest absolute Gasteiger partial charge is 0.377 e. The van der Waals surface area contributed by atoms with Crippen molar-refractivity contribution in [3.8, 4) is 11.5 Å². The lowest BCUT2D eigenvalue weighted by Crippen LogP contribution is -2.18. The molecule has 0 aromatic carbocycles. The molecule has 7 heteroatoms. The number of methoxy groups -OCH3 is 1. The van der Waals surface area contributed by atoms with Gasteiger partial charge in [-0.15, -0.1) is 11.3 Å². The van der Waals surface area contributed by atoms with Gasteiger partial charge in [0.1, 0.15) is 12.4 Å². The van der Waals surface area contributed by atoms with Gasteiger partial charge in [0, 0.05) is 30.6 Å². The van der Waals surface area contributed by atoms with Crippen molar-refractivity contribution < 1.29 is 9.26 Å². The average molecular weight is 330 g/mol. The van der Waals surface area contributed by atoms with Gasteiger partial charge in [0.25, 0.3) is 5.89 Å². The molecule has 3 aromatic rings. The third-order valence-corrected chi connectivity index (χ3v) is 4.13. The maximum atomic E-state index is 5.19. The highest BCUT2D eigenvalue weighted by Crippen LogP contribution is 2.19. The molecule has 1 unspecified atom stereocenters. The van der Waals surface area contributed by atoms with Gasteiger partial charge in [-0.3, -0.25) is 0 Å². The maximum Gasteiger partial charge on any atom is 0.259 e. The Hall–Kier alpha value is -2.25. The second-order valence-corrected chi connectivity index (χ2v) is 6.24. The molecule has 6 nitrogen and oxygen atoms in total. The van der Waals surface area contributed by atoms with E-state index in [1.807, 2.05) is 12.1 Å². The number of hydrogen-bond acceptors (Lipinski definition) is 7. The molecular weight excluding hydrogens is 312 g/mol. The fourth-order valence-corrected chi connectivity index (χ4v) is 3.03. The molecule has 23 heavy (non-hydrogen) atoms. The Labute approximate surface area is 138 Å². The summed E-state index contributed by atoms with van der Waals surface area (Å²) in [5, 5.41) is 9.33. The second-order valence-electron chi connectivity index (χ2n) is 5.21. The van der Waals surface area contributed by atoms with Gasteiger partial charge in [0.15, 0.2) is 5.82 Å². The smallest absolute Gasteiger partial charge is 0.259 e. The Bertz CT molecular complexity index is 725. The number of hydrogen-bond donors (Lipinski definition) is 1. The summed E-state index contributed by atoms with van der Waals surface area (Å²) in [6.45, 7) is 2.47. The summed E-state index contributed by atoms with van der Waals surface area (Å²) in [6.07, 6.45) is 2.70. The van der Waals surface area contributed by atoms with Crippen molar-refractivity contribution in [1.29, 1.82) is 0 Å². The van der Waals surface area contributed by atoms with Crippen molar-refractivity contribution in [1.82, 2.24) is 15.1 Å². The zero-order valence-corrected chi connectivity index (χ0v) is 13.8. The normalized spacial score (nSPS) is 12.3. The van der Waals surface area contributed by atoms with Gasteiger partial charge in [-0.1, -0.05) is 11.2 Å². The zero-order chi connectivity index (χ0) is 16.1. The summed E-state index contributed by atoms with van der Waals surface area (Å²) < 4.78 is 10.2. The Kier molecular flexibility index (Phi) is 4.99. The van der Waals surface area contributed by atoms with Crippen molar-refractivity contribution in [2.45, 2.75) is 26.0 Å². The standard InChI is InChI=1S/C16H18N4O2S/c1-11(8-13-4-3-7-23-13)18-14-6-5-12(9-17-14)16-19-15(10-21-2)20-22-16/h3-7,9,11H,8,10H2,1-2H3,(H,17,18). The summed E-state index contributed by atoms with van der Waals surface area (Å²) in [4.78, 5) is 10.0. The molecule has 0 saturated carbocycles. The molecule has 0 saturated heterocycles. The highest BCUT2D eigenvalue weighted by molar-refractivity contribution is 7.09. The van der Waals surface area contributed by atoms with Gasteiger partial charge in [-0.25, -0.2) is 4.98 Å². The van der Waals surface area contributed by atoms with Crippen molar-refractivity contribution in [3.63, 3.8) is 0 Å². The number of nitrogens with one attached hydrogen (secondary N) is 1. The van der Waals surface area contributed by atoms with E-state index in [1.165, 1.54) is 4.88 Å². The lowest BCUT2D eigenvalue weighted by Gasteiger charge is -2.13. The first-order valence-corrected chi connectivity index (χ1v) is 8.19. The van der Waals surface area contributed by atoms with E-state index in [9.17, 15) is 0 Å². The van der Waals surface area contributed by atoms with Crippen LogP contribution in [-0.4, -0.2) is 28.3 Å². The minimum absolute atomic E-state index is 0.309. The molecule has 3 heterocycles. The van der Waals surface area contributed by atoms with Crippen LogP contribution in [0.2, 0.25) is 0 Å². The number of thiophene rings is 1. The molecule has 3 aromatic heterocycles. The lowest BCUT2D eigenvalue weighted by atomic mass is 10.2.